The molecule has 128 valence electrons. The zero-order valence-corrected chi connectivity index (χ0v) is 14.3. The molecule has 0 amide bonds. The summed E-state index contributed by atoms with van der Waals surface area (Å²) >= 11 is 0. The molecular weight excluding hydrogens is 318 g/mol. The van der Waals surface area contributed by atoms with Gasteiger partial charge in [-0.1, -0.05) is 13.0 Å². The van der Waals surface area contributed by atoms with Gasteiger partial charge in [-0.05, 0) is 24.6 Å². The first kappa shape index (κ1) is 17.4. The molecule has 0 radical (unpaired) electrons. The standard InChI is InChI=1S/C15H23N3O4S/c1-3-16-15(17-7-8-23(19,20)4-2)18-10-12-5-6-13-14(9-12)22-11-21-13/h5-6,9H,3-4,7-8,10-11H2,1-2H3,(H2,16,17,18). The number of nitrogens with one attached hydrogen (secondary N) is 2. The number of nitrogens with zero attached hydrogens (tertiary/aromatic N) is 1. The van der Waals surface area contributed by atoms with E-state index in [1.165, 1.54) is 0 Å². The van der Waals surface area contributed by atoms with Crippen LogP contribution >= 0.6 is 0 Å². The smallest absolute Gasteiger partial charge is 0.231 e. The zero-order chi connectivity index (χ0) is 16.7. The summed E-state index contributed by atoms with van der Waals surface area (Å²) in [6.07, 6.45) is 0. The average molecular weight is 341 g/mol. The summed E-state index contributed by atoms with van der Waals surface area (Å²) in [5.41, 5.74) is 0.993. The van der Waals surface area contributed by atoms with E-state index in [4.69, 9.17) is 9.47 Å². The molecule has 0 saturated carbocycles. The van der Waals surface area contributed by atoms with Gasteiger partial charge < -0.3 is 20.1 Å². The highest BCUT2D eigenvalue weighted by Crippen LogP contribution is 2.32. The normalized spacial score (nSPS) is 13.9. The molecule has 1 aliphatic rings. The molecule has 0 unspecified atom stereocenters. The third kappa shape index (κ3) is 5.31. The van der Waals surface area contributed by atoms with Crippen molar-refractivity contribution in [3.05, 3.63) is 23.8 Å². The lowest BCUT2D eigenvalue weighted by Crippen LogP contribution is -2.39. The molecule has 1 aliphatic heterocycles. The number of guanidine groups is 1. The van der Waals surface area contributed by atoms with Crippen LogP contribution in [0.4, 0.5) is 0 Å². The summed E-state index contributed by atoms with van der Waals surface area (Å²) in [4.78, 5) is 4.46. The van der Waals surface area contributed by atoms with Crippen molar-refractivity contribution in [1.82, 2.24) is 10.6 Å². The summed E-state index contributed by atoms with van der Waals surface area (Å²) in [6.45, 7) is 5.36. The first-order chi connectivity index (χ1) is 11.0. The predicted octanol–water partition coefficient (Wildman–Crippen LogP) is 0.905. The lowest BCUT2D eigenvalue weighted by atomic mass is 10.2. The van der Waals surface area contributed by atoms with Gasteiger partial charge in [0, 0.05) is 18.8 Å². The molecule has 0 spiro atoms. The van der Waals surface area contributed by atoms with Crippen molar-refractivity contribution >= 4 is 15.8 Å². The SMILES string of the molecule is CCNC(=NCc1ccc2c(c1)OCO2)NCCS(=O)(=O)CC. The van der Waals surface area contributed by atoms with Crippen LogP contribution in [0.15, 0.2) is 23.2 Å². The van der Waals surface area contributed by atoms with Gasteiger partial charge in [-0.2, -0.15) is 0 Å². The number of sulfone groups is 1. The molecule has 7 nitrogen and oxygen atoms in total. The lowest BCUT2D eigenvalue weighted by Gasteiger charge is -2.11. The van der Waals surface area contributed by atoms with E-state index in [0.717, 1.165) is 17.1 Å². The van der Waals surface area contributed by atoms with Crippen LogP contribution in [0.1, 0.15) is 19.4 Å². The van der Waals surface area contributed by atoms with E-state index in [2.05, 4.69) is 15.6 Å². The van der Waals surface area contributed by atoms with Crippen LogP contribution in [-0.4, -0.2) is 45.8 Å². The van der Waals surface area contributed by atoms with Gasteiger partial charge in [0.2, 0.25) is 6.79 Å². The molecule has 8 heteroatoms. The van der Waals surface area contributed by atoms with E-state index >= 15 is 0 Å². The monoisotopic (exact) mass is 341 g/mol. The first-order valence-corrected chi connectivity index (χ1v) is 9.47. The van der Waals surface area contributed by atoms with Crippen LogP contribution in [0, 0.1) is 0 Å². The number of hydrogen-bond acceptors (Lipinski definition) is 5. The molecule has 1 heterocycles. The topological polar surface area (TPSA) is 89.0 Å². The number of fused-ring (bicyclic) bond motifs is 1. The largest absolute Gasteiger partial charge is 0.454 e. The Morgan fingerprint density at radius 2 is 2.00 bits per heavy atom. The second-order valence-electron chi connectivity index (χ2n) is 5.05. The average Bonchev–Trinajstić information content (AvgIpc) is 3.00. The molecule has 1 aromatic rings. The summed E-state index contributed by atoms with van der Waals surface area (Å²) < 4.78 is 33.6. The molecule has 0 bridgehead atoms. The Hall–Kier alpha value is -1.96. The quantitative estimate of drug-likeness (QED) is 0.566. The van der Waals surface area contributed by atoms with Gasteiger partial charge in [-0.3, -0.25) is 0 Å². The molecule has 0 atom stereocenters. The Bertz CT molecular complexity index is 659. The summed E-state index contributed by atoms with van der Waals surface area (Å²) in [5.74, 6) is 2.31. The fourth-order valence-corrected chi connectivity index (χ4v) is 2.72. The van der Waals surface area contributed by atoms with Gasteiger partial charge in [0.15, 0.2) is 27.3 Å². The van der Waals surface area contributed by atoms with Crippen LogP contribution < -0.4 is 20.1 Å². The molecule has 0 aromatic heterocycles. The maximum Gasteiger partial charge on any atom is 0.231 e. The van der Waals surface area contributed by atoms with Crippen molar-refractivity contribution in [2.24, 2.45) is 4.99 Å². The number of benzene rings is 1. The lowest BCUT2D eigenvalue weighted by molar-refractivity contribution is 0.174. The van der Waals surface area contributed by atoms with Crippen molar-refractivity contribution in [2.75, 3.05) is 31.4 Å². The Labute approximate surface area is 137 Å². The fourth-order valence-electron chi connectivity index (χ4n) is 2.02. The molecular formula is C15H23N3O4S. The third-order valence-corrected chi connectivity index (χ3v) is 5.05. The maximum absolute atomic E-state index is 11.5. The fraction of sp³-hybridized carbons (Fsp3) is 0.533. The number of aliphatic imine (C=N–C) groups is 1. The molecule has 23 heavy (non-hydrogen) atoms. The Morgan fingerprint density at radius 1 is 1.22 bits per heavy atom. The van der Waals surface area contributed by atoms with Crippen LogP contribution in [0.5, 0.6) is 11.5 Å². The van der Waals surface area contributed by atoms with E-state index in [-0.39, 0.29) is 18.3 Å². The van der Waals surface area contributed by atoms with Gasteiger partial charge in [-0.25, -0.2) is 13.4 Å². The third-order valence-electron chi connectivity index (χ3n) is 3.35. The molecule has 0 fully saturated rings. The van der Waals surface area contributed by atoms with Gasteiger partial charge in [0.1, 0.15) is 0 Å². The molecule has 2 N–H and O–H groups in total. The maximum atomic E-state index is 11.5. The van der Waals surface area contributed by atoms with Gasteiger partial charge >= 0.3 is 0 Å². The van der Waals surface area contributed by atoms with Gasteiger partial charge in [0.05, 0.1) is 12.3 Å². The van der Waals surface area contributed by atoms with E-state index in [1.807, 2.05) is 25.1 Å². The predicted molar refractivity (Wildman–Crippen MR) is 89.7 cm³/mol. The number of hydrogen-bond donors (Lipinski definition) is 2. The highest BCUT2D eigenvalue weighted by Gasteiger charge is 2.13. The van der Waals surface area contributed by atoms with Crippen molar-refractivity contribution in [2.45, 2.75) is 20.4 Å². The van der Waals surface area contributed by atoms with Gasteiger partial charge in [-0.15, -0.1) is 0 Å². The van der Waals surface area contributed by atoms with E-state index < -0.39 is 9.84 Å². The van der Waals surface area contributed by atoms with E-state index in [0.29, 0.717) is 25.6 Å². The van der Waals surface area contributed by atoms with Crippen molar-refractivity contribution in [1.29, 1.82) is 0 Å². The second-order valence-corrected chi connectivity index (χ2v) is 7.52. The van der Waals surface area contributed by atoms with E-state index in [1.54, 1.807) is 6.92 Å². The Balaban J connectivity index is 1.93. The van der Waals surface area contributed by atoms with Crippen LogP contribution in [-0.2, 0) is 16.4 Å². The van der Waals surface area contributed by atoms with Crippen molar-refractivity contribution < 1.29 is 17.9 Å². The Morgan fingerprint density at radius 3 is 2.74 bits per heavy atom. The summed E-state index contributed by atoms with van der Waals surface area (Å²) in [5, 5.41) is 6.14. The number of ether oxygens (including phenoxy) is 2. The number of rotatable bonds is 7. The summed E-state index contributed by atoms with van der Waals surface area (Å²) in [6, 6.07) is 5.69. The second kappa shape index (κ2) is 8.05. The minimum absolute atomic E-state index is 0.0952. The minimum atomic E-state index is -2.98. The first-order valence-electron chi connectivity index (χ1n) is 7.65. The highest BCUT2D eigenvalue weighted by atomic mass is 32.2. The van der Waals surface area contributed by atoms with Crippen LogP contribution in [0.2, 0.25) is 0 Å². The summed E-state index contributed by atoms with van der Waals surface area (Å²) in [7, 11) is -2.98. The molecule has 2 rings (SSSR count). The highest BCUT2D eigenvalue weighted by molar-refractivity contribution is 7.91. The zero-order valence-electron chi connectivity index (χ0n) is 13.5. The van der Waals surface area contributed by atoms with Crippen LogP contribution in [0.25, 0.3) is 0 Å². The molecule has 1 aromatic carbocycles. The molecule has 0 saturated heterocycles. The van der Waals surface area contributed by atoms with Crippen molar-refractivity contribution in [3.63, 3.8) is 0 Å². The Kier molecular flexibility index (Phi) is 6.09. The molecule has 0 aliphatic carbocycles. The van der Waals surface area contributed by atoms with Crippen molar-refractivity contribution in [3.8, 4) is 11.5 Å². The van der Waals surface area contributed by atoms with E-state index in [9.17, 15) is 8.42 Å². The van der Waals surface area contributed by atoms with Gasteiger partial charge in [0.25, 0.3) is 0 Å². The van der Waals surface area contributed by atoms with Crippen LogP contribution in [0.3, 0.4) is 0 Å². The minimum Gasteiger partial charge on any atom is -0.454 e.